The number of methoxy groups -OCH3 is 4. The minimum absolute atomic E-state index is 0.139. The van der Waals surface area contributed by atoms with Gasteiger partial charge in [0.25, 0.3) is 0 Å². The summed E-state index contributed by atoms with van der Waals surface area (Å²) in [5.41, 5.74) is 3.33. The molecule has 5 nitrogen and oxygen atoms in total. The summed E-state index contributed by atoms with van der Waals surface area (Å²) in [5.74, 6) is 3.41. The number of rotatable bonds is 5. The van der Waals surface area contributed by atoms with Crippen LogP contribution in [0.5, 0.6) is 23.0 Å². The Morgan fingerprint density at radius 1 is 0.852 bits per heavy atom. The van der Waals surface area contributed by atoms with E-state index in [4.69, 9.17) is 18.9 Å². The van der Waals surface area contributed by atoms with Crippen LogP contribution in [0.2, 0.25) is 0 Å². The molecule has 2 aromatic rings. The summed E-state index contributed by atoms with van der Waals surface area (Å²) in [5, 5.41) is 3.57. The topological polar surface area (TPSA) is 49.0 Å². The summed E-state index contributed by atoms with van der Waals surface area (Å²) in [4.78, 5) is 0. The Morgan fingerprint density at radius 2 is 1.56 bits per heavy atom. The van der Waals surface area contributed by atoms with Gasteiger partial charge < -0.3 is 24.3 Å². The smallest absolute Gasteiger partial charge is 0.160 e. The molecule has 0 aromatic heterocycles. The van der Waals surface area contributed by atoms with Crippen LogP contribution >= 0.6 is 0 Å². The number of hydrogen-bond donors (Lipinski definition) is 1. The molecule has 146 valence electrons. The summed E-state index contributed by atoms with van der Waals surface area (Å²) < 4.78 is 22.1. The van der Waals surface area contributed by atoms with E-state index in [1.807, 2.05) is 12.1 Å². The highest BCUT2D eigenvalue weighted by molar-refractivity contribution is 5.68. The maximum atomic E-state index is 5.63. The van der Waals surface area contributed by atoms with Crippen molar-refractivity contribution >= 4 is 5.69 Å². The van der Waals surface area contributed by atoms with E-state index in [-0.39, 0.29) is 5.41 Å². The van der Waals surface area contributed by atoms with Crippen molar-refractivity contribution in [3.8, 4) is 23.0 Å². The summed E-state index contributed by atoms with van der Waals surface area (Å²) in [6, 6.07) is 10.3. The summed E-state index contributed by atoms with van der Waals surface area (Å²) in [7, 11) is 6.71. The zero-order chi connectivity index (χ0) is 19.6. The van der Waals surface area contributed by atoms with Gasteiger partial charge in [-0.15, -0.1) is 0 Å². The van der Waals surface area contributed by atoms with Crippen molar-refractivity contribution < 1.29 is 18.9 Å². The molecule has 0 bridgehead atoms. The molecular formula is C22H29NO4. The fraction of sp³-hybridized carbons (Fsp3) is 0.455. The maximum absolute atomic E-state index is 5.63. The Bertz CT molecular complexity index is 816. The summed E-state index contributed by atoms with van der Waals surface area (Å²) in [6.07, 6.45) is 0.989. The van der Waals surface area contributed by atoms with E-state index in [1.54, 1.807) is 28.4 Å². The molecule has 3 rings (SSSR count). The van der Waals surface area contributed by atoms with Gasteiger partial charge in [0.05, 0.1) is 34.1 Å². The minimum atomic E-state index is -0.139. The van der Waals surface area contributed by atoms with Crippen LogP contribution in [0.25, 0.3) is 0 Å². The Labute approximate surface area is 161 Å². The van der Waals surface area contributed by atoms with Crippen LogP contribution in [0.4, 0.5) is 5.69 Å². The lowest BCUT2D eigenvalue weighted by Gasteiger charge is -2.35. The molecule has 0 saturated carbocycles. The molecule has 2 aromatic carbocycles. The van der Waals surface area contributed by atoms with Crippen LogP contribution in [-0.2, 0) is 5.41 Å². The number of ether oxygens (including phenoxy) is 4. The molecule has 0 aliphatic carbocycles. The van der Waals surface area contributed by atoms with Gasteiger partial charge in [0.2, 0.25) is 0 Å². The molecule has 0 fully saturated rings. The number of nitrogens with one attached hydrogen (secondary N) is 1. The predicted octanol–water partition coefficient (Wildman–Crippen LogP) is 4.60. The first kappa shape index (κ1) is 19.2. The van der Waals surface area contributed by atoms with Crippen molar-refractivity contribution in [3.63, 3.8) is 0 Å². The van der Waals surface area contributed by atoms with Gasteiger partial charge in [0, 0.05) is 12.6 Å². The molecule has 1 unspecified atom stereocenters. The van der Waals surface area contributed by atoms with Gasteiger partial charge in [-0.25, -0.2) is 0 Å². The fourth-order valence-corrected chi connectivity index (χ4v) is 4.10. The van der Waals surface area contributed by atoms with E-state index < -0.39 is 0 Å². The van der Waals surface area contributed by atoms with Gasteiger partial charge in [-0.3, -0.25) is 0 Å². The van der Waals surface area contributed by atoms with Gasteiger partial charge in [-0.2, -0.15) is 0 Å². The lowest BCUT2D eigenvalue weighted by Crippen LogP contribution is -2.26. The first-order valence-electron chi connectivity index (χ1n) is 9.18. The molecule has 0 spiro atoms. The number of anilines is 1. The molecule has 5 heteroatoms. The molecular weight excluding hydrogens is 342 g/mol. The van der Waals surface area contributed by atoms with Gasteiger partial charge in [-0.1, -0.05) is 19.9 Å². The van der Waals surface area contributed by atoms with Crippen LogP contribution < -0.4 is 24.3 Å². The number of hydrogen-bond acceptors (Lipinski definition) is 5. The van der Waals surface area contributed by atoms with Crippen molar-refractivity contribution in [1.29, 1.82) is 0 Å². The molecule has 0 amide bonds. The van der Waals surface area contributed by atoms with Gasteiger partial charge >= 0.3 is 0 Å². The molecule has 27 heavy (non-hydrogen) atoms. The lowest BCUT2D eigenvalue weighted by molar-refractivity contribution is 0.351. The fourth-order valence-electron chi connectivity index (χ4n) is 4.10. The second-order valence-electron chi connectivity index (χ2n) is 7.36. The Hall–Kier alpha value is -2.56. The van der Waals surface area contributed by atoms with Gasteiger partial charge in [-0.05, 0) is 47.1 Å². The molecule has 1 atom stereocenters. The second-order valence-corrected chi connectivity index (χ2v) is 7.36. The third-order valence-electron chi connectivity index (χ3n) is 5.64. The van der Waals surface area contributed by atoms with E-state index >= 15 is 0 Å². The van der Waals surface area contributed by atoms with Crippen LogP contribution in [0.15, 0.2) is 30.3 Å². The zero-order valence-electron chi connectivity index (χ0n) is 17.0. The van der Waals surface area contributed by atoms with Crippen LogP contribution in [-0.4, -0.2) is 35.0 Å². The van der Waals surface area contributed by atoms with E-state index in [9.17, 15) is 0 Å². The first-order chi connectivity index (χ1) is 13.0. The highest BCUT2D eigenvalue weighted by Gasteiger charge is 2.38. The average Bonchev–Trinajstić information content (AvgIpc) is 2.82. The van der Waals surface area contributed by atoms with Crippen molar-refractivity contribution in [2.45, 2.75) is 31.6 Å². The normalized spacial score (nSPS) is 17.9. The van der Waals surface area contributed by atoms with E-state index in [2.05, 4.69) is 37.4 Å². The van der Waals surface area contributed by atoms with Crippen LogP contribution in [0.1, 0.15) is 37.3 Å². The third-order valence-corrected chi connectivity index (χ3v) is 5.64. The second kappa shape index (κ2) is 7.59. The van der Waals surface area contributed by atoms with E-state index in [0.29, 0.717) is 5.92 Å². The molecule has 1 N–H and O–H groups in total. The monoisotopic (exact) mass is 371 g/mol. The Kier molecular flexibility index (Phi) is 5.40. The van der Waals surface area contributed by atoms with Crippen molar-refractivity contribution in [2.75, 3.05) is 40.3 Å². The van der Waals surface area contributed by atoms with E-state index in [0.717, 1.165) is 41.7 Å². The Morgan fingerprint density at radius 3 is 2.19 bits per heavy atom. The predicted molar refractivity (Wildman–Crippen MR) is 108 cm³/mol. The van der Waals surface area contributed by atoms with Crippen molar-refractivity contribution in [1.82, 2.24) is 0 Å². The zero-order valence-corrected chi connectivity index (χ0v) is 17.0. The molecule has 1 aliphatic rings. The SMILES string of the molecule is COc1cc(OC)c2c(c1)C(C)(C)C(c1ccc(OC)c(OC)c1)CCN2. The van der Waals surface area contributed by atoms with Crippen LogP contribution in [0.3, 0.4) is 0 Å². The molecule has 0 radical (unpaired) electrons. The average molecular weight is 371 g/mol. The lowest BCUT2D eigenvalue weighted by atomic mass is 9.69. The maximum Gasteiger partial charge on any atom is 0.160 e. The van der Waals surface area contributed by atoms with Crippen molar-refractivity contribution in [2.24, 2.45) is 0 Å². The van der Waals surface area contributed by atoms with Crippen LogP contribution in [0, 0.1) is 0 Å². The number of fused-ring (bicyclic) bond motifs is 1. The molecule has 0 saturated heterocycles. The van der Waals surface area contributed by atoms with Gasteiger partial charge in [0.1, 0.15) is 11.5 Å². The molecule has 1 aliphatic heterocycles. The Balaban J connectivity index is 2.12. The minimum Gasteiger partial charge on any atom is -0.497 e. The van der Waals surface area contributed by atoms with Crippen molar-refractivity contribution in [3.05, 3.63) is 41.5 Å². The highest BCUT2D eigenvalue weighted by atomic mass is 16.5. The van der Waals surface area contributed by atoms with E-state index in [1.165, 1.54) is 11.1 Å². The standard InChI is InChI=1S/C22H29NO4/c1-22(2)16(14-7-8-18(25-4)19(11-14)26-5)9-10-23-21-17(22)12-15(24-3)13-20(21)27-6/h7-8,11-13,16,23H,9-10H2,1-6H3. The third kappa shape index (κ3) is 3.38. The highest BCUT2D eigenvalue weighted by Crippen LogP contribution is 2.50. The summed E-state index contributed by atoms with van der Waals surface area (Å²) >= 11 is 0. The summed E-state index contributed by atoms with van der Waals surface area (Å²) in [6.45, 7) is 5.41. The number of benzene rings is 2. The molecule has 1 heterocycles. The largest absolute Gasteiger partial charge is 0.497 e. The van der Waals surface area contributed by atoms with Gasteiger partial charge in [0.15, 0.2) is 11.5 Å². The quantitative estimate of drug-likeness (QED) is 0.832. The first-order valence-corrected chi connectivity index (χ1v) is 9.18.